The van der Waals surface area contributed by atoms with Gasteiger partial charge in [0.2, 0.25) is 0 Å². The highest BCUT2D eigenvalue weighted by Crippen LogP contribution is 2.41. The molecule has 2 aromatic carbocycles. The Morgan fingerprint density at radius 3 is 2.46 bits per heavy atom. The van der Waals surface area contributed by atoms with Crippen LogP contribution in [-0.4, -0.2) is 50.9 Å². The molecule has 180 valence electrons. The van der Waals surface area contributed by atoms with E-state index in [9.17, 15) is 29.6 Å². The summed E-state index contributed by atoms with van der Waals surface area (Å²) in [6.07, 6.45) is -0.261. The standard InChI is InChI=1S/C25H23N3O7/c1-25(2,3)35-24(32)20-21(14-7-5-4-6-8-14)26-18-10-9-15(28(33)34)11-17(18)22(20)27-13-16(29)12-19(27)23(30)31/h4-11,19H,12-13H2,1-3H3,(H,30,31). The molecule has 1 unspecified atom stereocenters. The monoisotopic (exact) mass is 477 g/mol. The molecule has 1 atom stereocenters. The van der Waals surface area contributed by atoms with Gasteiger partial charge in [0.15, 0.2) is 5.78 Å². The number of hydrogen-bond acceptors (Lipinski definition) is 8. The second-order valence-electron chi connectivity index (χ2n) is 9.24. The molecule has 35 heavy (non-hydrogen) atoms. The molecule has 1 aliphatic heterocycles. The molecule has 1 fully saturated rings. The van der Waals surface area contributed by atoms with Gasteiger partial charge in [-0.25, -0.2) is 14.6 Å². The lowest BCUT2D eigenvalue weighted by atomic mass is 9.98. The number of pyridine rings is 1. The highest BCUT2D eigenvalue weighted by molar-refractivity contribution is 6.13. The Balaban J connectivity index is 2.14. The summed E-state index contributed by atoms with van der Waals surface area (Å²) in [5.41, 5.74) is -0.0506. The first-order valence-corrected chi connectivity index (χ1v) is 10.9. The Bertz CT molecular complexity index is 1360. The average molecular weight is 477 g/mol. The fraction of sp³-hybridized carbons (Fsp3) is 0.280. The lowest BCUT2D eigenvalue weighted by Crippen LogP contribution is -2.37. The number of benzene rings is 2. The number of anilines is 1. The number of non-ortho nitro benzene ring substituents is 1. The van der Waals surface area contributed by atoms with Crippen molar-refractivity contribution in [3.05, 3.63) is 64.2 Å². The number of fused-ring (bicyclic) bond motifs is 1. The third kappa shape index (κ3) is 4.68. The van der Waals surface area contributed by atoms with Gasteiger partial charge in [-0.2, -0.15) is 0 Å². The summed E-state index contributed by atoms with van der Waals surface area (Å²) in [4.78, 5) is 54.9. The van der Waals surface area contributed by atoms with Crippen LogP contribution in [0.3, 0.4) is 0 Å². The third-order valence-corrected chi connectivity index (χ3v) is 5.52. The Kier molecular flexibility index (Phi) is 5.98. The maximum absolute atomic E-state index is 13.6. The summed E-state index contributed by atoms with van der Waals surface area (Å²) in [6, 6.07) is 11.5. The minimum Gasteiger partial charge on any atom is -0.480 e. The van der Waals surface area contributed by atoms with E-state index in [2.05, 4.69) is 4.98 Å². The van der Waals surface area contributed by atoms with Crippen molar-refractivity contribution in [2.75, 3.05) is 11.4 Å². The molecular weight excluding hydrogens is 454 g/mol. The minimum atomic E-state index is -1.25. The van der Waals surface area contributed by atoms with Crippen molar-refractivity contribution < 1.29 is 29.2 Å². The second-order valence-corrected chi connectivity index (χ2v) is 9.24. The molecule has 1 aromatic heterocycles. The second kappa shape index (κ2) is 8.79. The van der Waals surface area contributed by atoms with E-state index in [1.807, 2.05) is 0 Å². The number of aromatic nitrogens is 1. The summed E-state index contributed by atoms with van der Waals surface area (Å²) in [5.74, 6) is -2.36. The number of carboxylic acid groups (broad SMARTS) is 1. The van der Waals surface area contributed by atoms with Crippen LogP contribution in [-0.2, 0) is 14.3 Å². The predicted octanol–water partition coefficient (Wildman–Crippen LogP) is 4.00. The van der Waals surface area contributed by atoms with Gasteiger partial charge in [0.05, 0.1) is 28.4 Å². The zero-order chi connectivity index (χ0) is 25.5. The number of esters is 1. The number of Topliss-reactive ketones (excluding diaryl/α,β-unsaturated/α-hetero) is 1. The number of nitro benzene ring substituents is 1. The van der Waals surface area contributed by atoms with Crippen LogP contribution in [0.2, 0.25) is 0 Å². The molecule has 1 N–H and O–H groups in total. The number of carboxylic acids is 1. The number of hydrogen-bond donors (Lipinski definition) is 1. The van der Waals surface area contributed by atoms with Crippen LogP contribution >= 0.6 is 0 Å². The largest absolute Gasteiger partial charge is 0.480 e. The van der Waals surface area contributed by atoms with Crippen molar-refractivity contribution in [3.63, 3.8) is 0 Å². The van der Waals surface area contributed by atoms with E-state index >= 15 is 0 Å². The van der Waals surface area contributed by atoms with Crippen LogP contribution in [0.15, 0.2) is 48.5 Å². The van der Waals surface area contributed by atoms with Crippen LogP contribution in [0.4, 0.5) is 11.4 Å². The highest BCUT2D eigenvalue weighted by atomic mass is 16.6. The van der Waals surface area contributed by atoms with E-state index in [1.165, 1.54) is 23.1 Å². The van der Waals surface area contributed by atoms with Crippen LogP contribution in [0.25, 0.3) is 22.2 Å². The number of ketones is 1. The van der Waals surface area contributed by atoms with Gasteiger partial charge >= 0.3 is 11.9 Å². The summed E-state index contributed by atoms with van der Waals surface area (Å²) in [7, 11) is 0. The van der Waals surface area contributed by atoms with Gasteiger partial charge in [0, 0.05) is 29.5 Å². The van der Waals surface area contributed by atoms with E-state index < -0.39 is 28.5 Å². The lowest BCUT2D eigenvalue weighted by molar-refractivity contribution is -0.384. The molecule has 0 saturated carbocycles. The van der Waals surface area contributed by atoms with Crippen molar-refractivity contribution >= 4 is 40.0 Å². The van der Waals surface area contributed by atoms with E-state index in [4.69, 9.17) is 4.74 Å². The molecular formula is C25H23N3O7. The fourth-order valence-electron chi connectivity index (χ4n) is 4.12. The molecule has 0 aliphatic carbocycles. The van der Waals surface area contributed by atoms with Crippen LogP contribution in [0, 0.1) is 10.1 Å². The Morgan fingerprint density at radius 1 is 1.17 bits per heavy atom. The number of nitrogens with zero attached hydrogens (tertiary/aromatic N) is 3. The number of aliphatic carboxylic acids is 1. The molecule has 10 nitrogen and oxygen atoms in total. The molecule has 0 spiro atoms. The zero-order valence-corrected chi connectivity index (χ0v) is 19.3. The Morgan fingerprint density at radius 2 is 1.86 bits per heavy atom. The summed E-state index contributed by atoms with van der Waals surface area (Å²) < 4.78 is 5.66. The van der Waals surface area contributed by atoms with Gasteiger partial charge in [-0.3, -0.25) is 14.9 Å². The molecule has 0 bridgehead atoms. The van der Waals surface area contributed by atoms with Crippen molar-refractivity contribution in [3.8, 4) is 11.3 Å². The van der Waals surface area contributed by atoms with Crippen LogP contribution < -0.4 is 4.90 Å². The third-order valence-electron chi connectivity index (χ3n) is 5.52. The Labute approximate surface area is 200 Å². The molecule has 10 heteroatoms. The quantitative estimate of drug-likeness (QED) is 0.328. The number of ether oxygens (including phenoxy) is 1. The Hall–Kier alpha value is -4.34. The summed E-state index contributed by atoms with van der Waals surface area (Å²) >= 11 is 0. The van der Waals surface area contributed by atoms with Crippen molar-refractivity contribution in [1.82, 2.24) is 4.98 Å². The normalized spacial score (nSPS) is 15.9. The van der Waals surface area contributed by atoms with E-state index in [0.717, 1.165) is 0 Å². The van der Waals surface area contributed by atoms with Crippen molar-refractivity contribution in [1.29, 1.82) is 0 Å². The van der Waals surface area contributed by atoms with Gasteiger partial charge < -0.3 is 14.7 Å². The molecule has 0 radical (unpaired) electrons. The maximum Gasteiger partial charge on any atom is 0.343 e. The summed E-state index contributed by atoms with van der Waals surface area (Å²) in [5, 5.41) is 21.6. The maximum atomic E-state index is 13.6. The topological polar surface area (TPSA) is 140 Å². The van der Waals surface area contributed by atoms with E-state index in [-0.39, 0.29) is 46.8 Å². The van der Waals surface area contributed by atoms with Gasteiger partial charge in [0.1, 0.15) is 17.2 Å². The number of rotatable bonds is 5. The van der Waals surface area contributed by atoms with Crippen molar-refractivity contribution in [2.24, 2.45) is 0 Å². The van der Waals surface area contributed by atoms with Gasteiger partial charge in [0.25, 0.3) is 5.69 Å². The van der Waals surface area contributed by atoms with Crippen LogP contribution in [0.5, 0.6) is 0 Å². The zero-order valence-electron chi connectivity index (χ0n) is 19.3. The smallest absolute Gasteiger partial charge is 0.343 e. The molecule has 1 saturated heterocycles. The van der Waals surface area contributed by atoms with Crippen molar-refractivity contribution in [2.45, 2.75) is 38.8 Å². The first kappa shape index (κ1) is 23.8. The SMILES string of the molecule is CC(C)(C)OC(=O)c1c(-c2ccccc2)nc2ccc([N+](=O)[O-])cc2c1N1CC(=O)CC1C(=O)O. The number of nitro groups is 1. The first-order valence-electron chi connectivity index (χ1n) is 10.9. The molecule has 0 amide bonds. The van der Waals surface area contributed by atoms with Gasteiger partial charge in [-0.1, -0.05) is 30.3 Å². The fourth-order valence-corrected chi connectivity index (χ4v) is 4.12. The number of carbonyl (C=O) groups is 3. The van der Waals surface area contributed by atoms with Crippen LogP contribution in [0.1, 0.15) is 37.6 Å². The first-order chi connectivity index (χ1) is 16.5. The molecule has 3 aromatic rings. The molecule has 1 aliphatic rings. The average Bonchev–Trinajstić information content (AvgIpc) is 3.18. The summed E-state index contributed by atoms with van der Waals surface area (Å²) in [6.45, 7) is 4.78. The van der Waals surface area contributed by atoms with Gasteiger partial charge in [-0.05, 0) is 26.8 Å². The van der Waals surface area contributed by atoms with E-state index in [0.29, 0.717) is 11.1 Å². The van der Waals surface area contributed by atoms with Gasteiger partial charge in [-0.15, -0.1) is 0 Å². The van der Waals surface area contributed by atoms with E-state index in [1.54, 1.807) is 51.1 Å². The highest BCUT2D eigenvalue weighted by Gasteiger charge is 2.40. The number of carbonyl (C=O) groups excluding carboxylic acids is 2. The molecule has 2 heterocycles. The minimum absolute atomic E-state index is 0.0555. The predicted molar refractivity (Wildman–Crippen MR) is 127 cm³/mol. The lowest BCUT2D eigenvalue weighted by Gasteiger charge is -2.29. The molecule has 4 rings (SSSR count).